The van der Waals surface area contributed by atoms with E-state index in [1.165, 1.54) is 0 Å². The monoisotopic (exact) mass is 258 g/mol. The molecule has 1 aliphatic heterocycles. The third-order valence-corrected chi connectivity index (χ3v) is 3.41. The van der Waals surface area contributed by atoms with Crippen LogP contribution in [0.1, 0.15) is 11.6 Å². The molecule has 1 aromatic rings. The van der Waals surface area contributed by atoms with Gasteiger partial charge in [0, 0.05) is 6.20 Å². The molecule has 1 aromatic heterocycles. The van der Waals surface area contributed by atoms with E-state index in [2.05, 4.69) is 15.9 Å². The van der Waals surface area contributed by atoms with Crippen molar-refractivity contribution in [2.24, 2.45) is 0 Å². The Morgan fingerprint density at radius 3 is 2.79 bits per heavy atom. The Kier molecular flexibility index (Phi) is 2.36. The Morgan fingerprint density at radius 1 is 1.64 bits per heavy atom. The number of halogens is 1. The summed E-state index contributed by atoms with van der Waals surface area (Å²) >= 11 is 3.25. The molecule has 14 heavy (non-hydrogen) atoms. The maximum Gasteiger partial charge on any atom is 0.265 e. The second-order valence-corrected chi connectivity index (χ2v) is 4.22. The van der Waals surface area contributed by atoms with Crippen molar-refractivity contribution in [1.82, 2.24) is 4.57 Å². The van der Waals surface area contributed by atoms with Gasteiger partial charge in [0.25, 0.3) is 5.56 Å². The molecule has 0 radical (unpaired) electrons. The van der Waals surface area contributed by atoms with Crippen LogP contribution in [-0.4, -0.2) is 17.8 Å². The first kappa shape index (κ1) is 9.73. The summed E-state index contributed by atoms with van der Waals surface area (Å²) in [6.07, 6.45) is 1.69. The number of anilines is 1. The molecule has 2 N–H and O–H groups in total. The third-order valence-electron chi connectivity index (χ3n) is 2.48. The summed E-state index contributed by atoms with van der Waals surface area (Å²) in [5.74, 6) is 0. The van der Waals surface area contributed by atoms with Crippen LogP contribution in [0.2, 0.25) is 0 Å². The summed E-state index contributed by atoms with van der Waals surface area (Å²) in [6.45, 7) is 3.01. The normalized spacial score (nSPS) is 16.7. The highest BCUT2D eigenvalue weighted by molar-refractivity contribution is 9.10. The molecule has 1 fully saturated rings. The molecule has 76 valence electrons. The molecule has 2 rings (SSSR count). The second kappa shape index (κ2) is 3.40. The number of rotatable bonds is 1. The first-order valence-electron chi connectivity index (χ1n) is 4.35. The minimum Gasteiger partial charge on any atom is -0.397 e. The Bertz CT molecular complexity index is 424. The minimum absolute atomic E-state index is 0.0370. The van der Waals surface area contributed by atoms with E-state index >= 15 is 0 Å². The highest BCUT2D eigenvalue weighted by Crippen LogP contribution is 2.21. The number of pyridine rings is 1. The Hall–Kier alpha value is -0.810. The molecule has 2 heterocycles. The van der Waals surface area contributed by atoms with E-state index in [0.717, 1.165) is 5.56 Å². The van der Waals surface area contributed by atoms with Crippen molar-refractivity contribution in [3.63, 3.8) is 0 Å². The van der Waals surface area contributed by atoms with Crippen LogP contribution in [0.25, 0.3) is 0 Å². The first-order chi connectivity index (χ1) is 6.61. The summed E-state index contributed by atoms with van der Waals surface area (Å²) < 4.78 is 7.22. The van der Waals surface area contributed by atoms with E-state index in [0.29, 0.717) is 23.4 Å². The van der Waals surface area contributed by atoms with Crippen LogP contribution in [0.5, 0.6) is 0 Å². The van der Waals surface area contributed by atoms with Crippen LogP contribution in [0.4, 0.5) is 5.69 Å². The lowest BCUT2D eigenvalue weighted by atomic mass is 10.2. The van der Waals surface area contributed by atoms with Gasteiger partial charge in [0.2, 0.25) is 0 Å². The van der Waals surface area contributed by atoms with Gasteiger partial charge in [0.05, 0.1) is 29.4 Å². The summed E-state index contributed by atoms with van der Waals surface area (Å²) in [7, 11) is 0. The van der Waals surface area contributed by atoms with Crippen LogP contribution in [-0.2, 0) is 4.74 Å². The average molecular weight is 259 g/mol. The van der Waals surface area contributed by atoms with Gasteiger partial charge in [-0.3, -0.25) is 4.79 Å². The number of nitrogen functional groups attached to an aromatic ring is 1. The molecule has 1 aliphatic rings. The van der Waals surface area contributed by atoms with E-state index in [1.807, 2.05) is 6.92 Å². The van der Waals surface area contributed by atoms with Crippen molar-refractivity contribution in [3.8, 4) is 0 Å². The molecule has 0 saturated carbocycles. The van der Waals surface area contributed by atoms with Crippen molar-refractivity contribution >= 4 is 21.6 Å². The first-order valence-corrected chi connectivity index (χ1v) is 5.15. The van der Waals surface area contributed by atoms with Crippen molar-refractivity contribution in [3.05, 3.63) is 26.6 Å². The zero-order valence-corrected chi connectivity index (χ0v) is 9.37. The molecule has 0 aliphatic carbocycles. The number of nitrogens with two attached hydrogens (primary N) is 1. The average Bonchev–Trinajstić information content (AvgIpc) is 2.08. The van der Waals surface area contributed by atoms with Gasteiger partial charge in [0.1, 0.15) is 0 Å². The van der Waals surface area contributed by atoms with Gasteiger partial charge in [-0.2, -0.15) is 0 Å². The topological polar surface area (TPSA) is 57.2 Å². The lowest BCUT2D eigenvalue weighted by molar-refractivity contribution is -0.0248. The molecule has 5 heteroatoms. The SMILES string of the molecule is Cc1c(N)cn(C2COC2)c(=O)c1Br. The number of hydrogen-bond donors (Lipinski definition) is 1. The fourth-order valence-electron chi connectivity index (χ4n) is 1.36. The van der Waals surface area contributed by atoms with Crippen LogP contribution < -0.4 is 11.3 Å². The van der Waals surface area contributed by atoms with Crippen molar-refractivity contribution in [2.75, 3.05) is 18.9 Å². The van der Waals surface area contributed by atoms with E-state index in [1.54, 1.807) is 10.8 Å². The van der Waals surface area contributed by atoms with Crippen molar-refractivity contribution < 1.29 is 4.74 Å². The molecule has 0 amide bonds. The largest absolute Gasteiger partial charge is 0.397 e. The van der Waals surface area contributed by atoms with E-state index in [4.69, 9.17) is 10.5 Å². The molecule has 0 bridgehead atoms. The lowest BCUT2D eigenvalue weighted by Gasteiger charge is -2.28. The van der Waals surface area contributed by atoms with Gasteiger partial charge in [-0.15, -0.1) is 0 Å². The number of hydrogen-bond acceptors (Lipinski definition) is 3. The molecule has 0 spiro atoms. The fraction of sp³-hybridized carbons (Fsp3) is 0.444. The maximum absolute atomic E-state index is 11.8. The molecule has 0 unspecified atom stereocenters. The van der Waals surface area contributed by atoms with Gasteiger partial charge in [0.15, 0.2) is 0 Å². The highest BCUT2D eigenvalue weighted by atomic mass is 79.9. The zero-order valence-electron chi connectivity index (χ0n) is 7.79. The molecular formula is C9H11BrN2O2. The standard InChI is InChI=1S/C9H11BrN2O2/c1-5-7(11)2-12(6-3-14-4-6)9(13)8(5)10/h2,6H,3-4,11H2,1H3. The lowest BCUT2D eigenvalue weighted by Crippen LogP contribution is -2.37. The van der Waals surface area contributed by atoms with Crippen LogP contribution >= 0.6 is 15.9 Å². The number of ether oxygens (including phenoxy) is 1. The zero-order chi connectivity index (χ0) is 10.3. The number of aromatic nitrogens is 1. The fourth-order valence-corrected chi connectivity index (χ4v) is 1.79. The Labute approximate surface area is 89.8 Å². The van der Waals surface area contributed by atoms with E-state index in [9.17, 15) is 4.79 Å². The number of nitrogens with zero attached hydrogens (tertiary/aromatic N) is 1. The molecule has 1 saturated heterocycles. The smallest absolute Gasteiger partial charge is 0.265 e. The predicted octanol–water partition coefficient (Wildman–Crippen LogP) is 1.07. The summed E-state index contributed by atoms with van der Waals surface area (Å²) in [5.41, 5.74) is 7.17. The van der Waals surface area contributed by atoms with Gasteiger partial charge in [-0.1, -0.05) is 0 Å². The maximum atomic E-state index is 11.8. The van der Waals surface area contributed by atoms with Crippen LogP contribution in [0.15, 0.2) is 15.5 Å². The highest BCUT2D eigenvalue weighted by Gasteiger charge is 2.23. The van der Waals surface area contributed by atoms with E-state index in [-0.39, 0.29) is 11.6 Å². The molecule has 4 nitrogen and oxygen atoms in total. The van der Waals surface area contributed by atoms with Crippen LogP contribution in [0.3, 0.4) is 0 Å². The predicted molar refractivity (Wildman–Crippen MR) is 57.4 cm³/mol. The summed E-state index contributed by atoms with van der Waals surface area (Å²) in [6, 6.07) is 0.140. The molecular weight excluding hydrogens is 248 g/mol. The van der Waals surface area contributed by atoms with Gasteiger partial charge in [-0.05, 0) is 28.4 Å². The third kappa shape index (κ3) is 1.36. The minimum atomic E-state index is -0.0370. The van der Waals surface area contributed by atoms with Gasteiger partial charge in [-0.25, -0.2) is 0 Å². The quantitative estimate of drug-likeness (QED) is 0.820. The summed E-state index contributed by atoms with van der Waals surface area (Å²) in [4.78, 5) is 11.8. The van der Waals surface area contributed by atoms with Crippen molar-refractivity contribution in [2.45, 2.75) is 13.0 Å². The van der Waals surface area contributed by atoms with Gasteiger partial charge >= 0.3 is 0 Å². The van der Waals surface area contributed by atoms with Crippen molar-refractivity contribution in [1.29, 1.82) is 0 Å². The Morgan fingerprint density at radius 2 is 2.29 bits per heavy atom. The Balaban J connectivity index is 2.55. The van der Waals surface area contributed by atoms with E-state index < -0.39 is 0 Å². The molecule has 0 atom stereocenters. The van der Waals surface area contributed by atoms with Gasteiger partial charge < -0.3 is 15.0 Å². The second-order valence-electron chi connectivity index (χ2n) is 3.43. The van der Waals surface area contributed by atoms with Crippen LogP contribution in [0, 0.1) is 6.92 Å². The summed E-state index contributed by atoms with van der Waals surface area (Å²) in [5, 5.41) is 0. The molecule has 0 aromatic carbocycles.